The molecule has 0 aliphatic heterocycles. The molecule has 1 unspecified atom stereocenters. The van der Waals surface area contributed by atoms with Gasteiger partial charge >= 0.3 is 0 Å². The predicted molar refractivity (Wildman–Crippen MR) is 51.3 cm³/mol. The number of hydrogen-bond donors (Lipinski definition) is 3. The molecule has 1 rings (SSSR count). The lowest BCUT2D eigenvalue weighted by molar-refractivity contribution is 0.163. The Morgan fingerprint density at radius 1 is 1.42 bits per heavy atom. The fourth-order valence-electron chi connectivity index (χ4n) is 0.853. The lowest BCUT2D eigenvalue weighted by Gasteiger charge is -2.11. The Morgan fingerprint density at radius 2 is 2.00 bits per heavy atom. The second-order valence-corrected chi connectivity index (χ2v) is 2.76. The van der Waals surface area contributed by atoms with Crippen LogP contribution in [0.5, 0.6) is 0 Å². The molecule has 0 saturated heterocycles. The van der Waals surface area contributed by atoms with Crippen LogP contribution in [-0.2, 0) is 0 Å². The Morgan fingerprint density at radius 3 is 2.50 bits per heavy atom. The van der Waals surface area contributed by atoms with Gasteiger partial charge in [-0.25, -0.2) is 0 Å². The number of aliphatic hydroxyl groups is 1. The van der Waals surface area contributed by atoms with Crippen LogP contribution in [-0.4, -0.2) is 10.2 Å². The molecule has 12 heavy (non-hydrogen) atoms. The molecule has 0 fully saturated rings. The summed E-state index contributed by atoms with van der Waals surface area (Å²) in [5, 5.41) is 12.0. The number of benzene rings is 1. The van der Waals surface area contributed by atoms with Crippen molar-refractivity contribution in [1.82, 2.24) is 5.32 Å². The van der Waals surface area contributed by atoms with Crippen LogP contribution in [0.1, 0.15) is 11.8 Å². The number of thiocarbonyl (C=S) groups is 1. The largest absolute Gasteiger partial charge is 0.376 e. The van der Waals surface area contributed by atoms with Crippen LogP contribution in [0.15, 0.2) is 30.3 Å². The van der Waals surface area contributed by atoms with E-state index in [1.807, 2.05) is 18.2 Å². The van der Waals surface area contributed by atoms with Crippen LogP contribution in [0.3, 0.4) is 0 Å². The molecule has 3 nitrogen and oxygen atoms in total. The summed E-state index contributed by atoms with van der Waals surface area (Å²) in [6.45, 7) is 0. The summed E-state index contributed by atoms with van der Waals surface area (Å²) in [4.78, 5) is 0. The van der Waals surface area contributed by atoms with E-state index in [1.54, 1.807) is 12.1 Å². The Hall–Kier alpha value is -1.13. The summed E-state index contributed by atoms with van der Waals surface area (Å²) in [6, 6.07) is 9.11. The quantitative estimate of drug-likeness (QED) is 0.461. The van der Waals surface area contributed by atoms with Gasteiger partial charge < -0.3 is 16.2 Å². The molecule has 4 N–H and O–H groups in total. The first kappa shape index (κ1) is 8.96. The summed E-state index contributed by atoms with van der Waals surface area (Å²) in [5.41, 5.74) is 5.93. The highest BCUT2D eigenvalue weighted by Crippen LogP contribution is 2.07. The van der Waals surface area contributed by atoms with Gasteiger partial charge in [0.1, 0.15) is 0 Å². The van der Waals surface area contributed by atoms with E-state index in [0.717, 1.165) is 5.56 Å². The minimum atomic E-state index is -0.816. The van der Waals surface area contributed by atoms with Gasteiger partial charge in [0.2, 0.25) is 0 Å². The lowest BCUT2D eigenvalue weighted by Crippen LogP contribution is -2.32. The van der Waals surface area contributed by atoms with Crippen LogP contribution in [0.4, 0.5) is 0 Å². The van der Waals surface area contributed by atoms with Crippen molar-refractivity contribution in [3.05, 3.63) is 35.9 Å². The van der Waals surface area contributed by atoms with Crippen LogP contribution in [0, 0.1) is 0 Å². The molecular weight excluding hydrogens is 172 g/mol. The molecule has 0 amide bonds. The average Bonchev–Trinajstić information content (AvgIpc) is 2.05. The molecule has 0 saturated carbocycles. The Labute approximate surface area is 76.2 Å². The zero-order valence-corrected chi connectivity index (χ0v) is 7.21. The lowest BCUT2D eigenvalue weighted by atomic mass is 10.2. The molecule has 64 valence electrons. The Balaban J connectivity index is 2.65. The summed E-state index contributed by atoms with van der Waals surface area (Å²) in [5.74, 6) is 0. The number of rotatable bonds is 2. The molecule has 0 spiro atoms. The standard InChI is InChI=1S/C8H10N2OS/c9-8(12)10-7(11)6-4-2-1-3-5-6/h1-5,7,11H,(H3,9,10,12). The molecule has 0 aliphatic carbocycles. The van der Waals surface area contributed by atoms with E-state index >= 15 is 0 Å². The fraction of sp³-hybridized carbons (Fsp3) is 0.125. The minimum absolute atomic E-state index is 0.0892. The highest BCUT2D eigenvalue weighted by molar-refractivity contribution is 7.80. The Kier molecular flexibility index (Phi) is 3.01. The molecule has 1 aromatic rings. The Bertz CT molecular complexity index is 263. The van der Waals surface area contributed by atoms with Gasteiger partial charge in [0, 0.05) is 5.56 Å². The molecule has 0 radical (unpaired) electrons. The van der Waals surface area contributed by atoms with Gasteiger partial charge in [-0.1, -0.05) is 30.3 Å². The van der Waals surface area contributed by atoms with Crippen LogP contribution in [0.25, 0.3) is 0 Å². The number of nitrogens with two attached hydrogens (primary N) is 1. The number of hydrogen-bond acceptors (Lipinski definition) is 2. The van der Waals surface area contributed by atoms with E-state index < -0.39 is 6.23 Å². The maximum absolute atomic E-state index is 9.41. The molecule has 0 aromatic heterocycles. The maximum Gasteiger partial charge on any atom is 0.165 e. The molecule has 0 bridgehead atoms. The third kappa shape index (κ3) is 2.48. The van der Waals surface area contributed by atoms with Gasteiger partial charge in [0.25, 0.3) is 0 Å². The molecule has 0 aliphatic rings. The smallest absolute Gasteiger partial charge is 0.165 e. The van der Waals surface area contributed by atoms with E-state index in [2.05, 4.69) is 17.5 Å². The van der Waals surface area contributed by atoms with Crippen molar-refractivity contribution in [3.8, 4) is 0 Å². The highest BCUT2D eigenvalue weighted by Gasteiger charge is 2.04. The summed E-state index contributed by atoms with van der Waals surface area (Å²) >= 11 is 4.58. The van der Waals surface area contributed by atoms with Gasteiger partial charge in [-0.15, -0.1) is 0 Å². The predicted octanol–water partition coefficient (Wildman–Crippen LogP) is 0.511. The second kappa shape index (κ2) is 4.04. The van der Waals surface area contributed by atoms with Gasteiger partial charge in [-0.05, 0) is 12.2 Å². The van der Waals surface area contributed by atoms with E-state index in [9.17, 15) is 5.11 Å². The fourth-order valence-corrected chi connectivity index (χ4v) is 0.965. The zero-order valence-electron chi connectivity index (χ0n) is 6.40. The third-order valence-corrected chi connectivity index (χ3v) is 1.51. The average molecular weight is 182 g/mol. The number of aliphatic hydroxyl groups excluding tert-OH is 1. The second-order valence-electron chi connectivity index (χ2n) is 2.32. The summed E-state index contributed by atoms with van der Waals surface area (Å²) in [6.07, 6.45) is -0.816. The van der Waals surface area contributed by atoms with Crippen molar-refractivity contribution in [2.45, 2.75) is 6.23 Å². The topological polar surface area (TPSA) is 58.3 Å². The summed E-state index contributed by atoms with van der Waals surface area (Å²) in [7, 11) is 0. The van der Waals surface area contributed by atoms with E-state index in [0.29, 0.717) is 0 Å². The first-order valence-corrected chi connectivity index (χ1v) is 3.90. The SMILES string of the molecule is NC(=S)NC(O)c1ccccc1. The highest BCUT2D eigenvalue weighted by atomic mass is 32.1. The molecule has 1 atom stereocenters. The zero-order chi connectivity index (χ0) is 8.97. The third-order valence-electron chi connectivity index (χ3n) is 1.39. The van der Waals surface area contributed by atoms with Gasteiger partial charge in [-0.3, -0.25) is 0 Å². The molecular formula is C8H10N2OS. The monoisotopic (exact) mass is 182 g/mol. The van der Waals surface area contributed by atoms with Crippen molar-refractivity contribution in [1.29, 1.82) is 0 Å². The summed E-state index contributed by atoms with van der Waals surface area (Å²) < 4.78 is 0. The van der Waals surface area contributed by atoms with Crippen LogP contribution >= 0.6 is 12.2 Å². The molecule has 4 heteroatoms. The van der Waals surface area contributed by atoms with E-state index in [-0.39, 0.29) is 5.11 Å². The van der Waals surface area contributed by atoms with Gasteiger partial charge in [0.15, 0.2) is 11.3 Å². The van der Waals surface area contributed by atoms with E-state index in [1.165, 1.54) is 0 Å². The van der Waals surface area contributed by atoms with Crippen molar-refractivity contribution >= 4 is 17.3 Å². The van der Waals surface area contributed by atoms with Crippen molar-refractivity contribution < 1.29 is 5.11 Å². The van der Waals surface area contributed by atoms with Crippen molar-refractivity contribution in [3.63, 3.8) is 0 Å². The maximum atomic E-state index is 9.41. The number of nitrogens with one attached hydrogen (secondary N) is 1. The normalized spacial score (nSPS) is 12.1. The van der Waals surface area contributed by atoms with E-state index in [4.69, 9.17) is 5.73 Å². The van der Waals surface area contributed by atoms with Gasteiger partial charge in [0.05, 0.1) is 0 Å². The first-order valence-electron chi connectivity index (χ1n) is 3.49. The van der Waals surface area contributed by atoms with Gasteiger partial charge in [-0.2, -0.15) is 0 Å². The van der Waals surface area contributed by atoms with Crippen molar-refractivity contribution in [2.24, 2.45) is 5.73 Å². The minimum Gasteiger partial charge on any atom is -0.376 e. The molecule has 1 aromatic carbocycles. The van der Waals surface area contributed by atoms with Crippen molar-refractivity contribution in [2.75, 3.05) is 0 Å². The molecule has 0 heterocycles. The first-order chi connectivity index (χ1) is 5.70. The van der Waals surface area contributed by atoms with Crippen LogP contribution < -0.4 is 11.1 Å². The van der Waals surface area contributed by atoms with Crippen LogP contribution in [0.2, 0.25) is 0 Å².